The fourth-order valence-corrected chi connectivity index (χ4v) is 2.64. The van der Waals surface area contributed by atoms with Gasteiger partial charge in [-0.3, -0.25) is 10.2 Å². The summed E-state index contributed by atoms with van der Waals surface area (Å²) in [5.74, 6) is 0.809. The molecule has 0 saturated heterocycles. The number of carbonyl (C=O) groups excluding carboxylic acids is 1. The molecule has 0 aromatic heterocycles. The molecule has 0 fully saturated rings. The Hall–Kier alpha value is -2.95. The third kappa shape index (κ3) is 2.85. The predicted molar refractivity (Wildman–Crippen MR) is 87.5 cm³/mol. The highest BCUT2D eigenvalue weighted by molar-refractivity contribution is 5.79. The summed E-state index contributed by atoms with van der Waals surface area (Å²) in [5.41, 5.74) is 5.55. The lowest BCUT2D eigenvalue weighted by Gasteiger charge is -2.24. The van der Waals surface area contributed by atoms with Crippen molar-refractivity contribution in [1.82, 2.24) is 10.4 Å². The van der Waals surface area contributed by atoms with Gasteiger partial charge >= 0.3 is 0 Å². The third-order valence-electron chi connectivity index (χ3n) is 3.84. The first kappa shape index (κ1) is 15.0. The SMILES string of the molecule is COc1ccc(C2=C[C@H](c3ccccc3O)N(C(C)=O)N2)cc1. The summed E-state index contributed by atoms with van der Waals surface area (Å²) in [6, 6.07) is 14.2. The Bertz CT molecular complexity index is 753. The molecule has 1 atom stereocenters. The van der Waals surface area contributed by atoms with E-state index in [0.717, 1.165) is 17.0 Å². The Balaban J connectivity index is 1.98. The third-order valence-corrected chi connectivity index (χ3v) is 3.84. The van der Waals surface area contributed by atoms with Crippen molar-refractivity contribution in [2.75, 3.05) is 7.11 Å². The van der Waals surface area contributed by atoms with Crippen LogP contribution < -0.4 is 10.2 Å². The number of hydrogen-bond acceptors (Lipinski definition) is 4. The predicted octanol–water partition coefficient (Wildman–Crippen LogP) is 2.85. The topological polar surface area (TPSA) is 61.8 Å². The molecule has 3 rings (SSSR count). The zero-order valence-corrected chi connectivity index (χ0v) is 13.0. The van der Waals surface area contributed by atoms with Crippen LogP contribution in [0.4, 0.5) is 0 Å². The van der Waals surface area contributed by atoms with E-state index in [1.54, 1.807) is 19.2 Å². The fraction of sp³-hybridized carbons (Fsp3) is 0.167. The maximum atomic E-state index is 11.9. The van der Waals surface area contributed by atoms with Crippen LogP contribution >= 0.6 is 0 Å². The van der Waals surface area contributed by atoms with Crippen molar-refractivity contribution in [3.05, 3.63) is 65.7 Å². The molecule has 0 bridgehead atoms. The molecule has 1 amide bonds. The molecular formula is C18H18N2O3. The van der Waals surface area contributed by atoms with Gasteiger partial charge in [-0.25, -0.2) is 5.01 Å². The largest absolute Gasteiger partial charge is 0.508 e. The number of phenols is 1. The van der Waals surface area contributed by atoms with Crippen LogP contribution in [0.15, 0.2) is 54.6 Å². The molecule has 0 unspecified atom stereocenters. The zero-order valence-electron chi connectivity index (χ0n) is 13.0. The summed E-state index contributed by atoms with van der Waals surface area (Å²) in [6.07, 6.45) is 1.93. The lowest BCUT2D eigenvalue weighted by atomic mass is 10.0. The smallest absolute Gasteiger partial charge is 0.238 e. The van der Waals surface area contributed by atoms with Gasteiger partial charge in [-0.05, 0) is 42.0 Å². The minimum atomic E-state index is -0.356. The number of rotatable bonds is 3. The van der Waals surface area contributed by atoms with Crippen LogP contribution in [0.3, 0.4) is 0 Å². The number of nitrogens with zero attached hydrogens (tertiary/aromatic N) is 1. The van der Waals surface area contributed by atoms with Crippen LogP contribution in [-0.2, 0) is 4.79 Å². The maximum Gasteiger partial charge on any atom is 0.238 e. The van der Waals surface area contributed by atoms with Crippen LogP contribution in [0.1, 0.15) is 24.1 Å². The molecule has 5 heteroatoms. The average molecular weight is 310 g/mol. The summed E-state index contributed by atoms with van der Waals surface area (Å²) < 4.78 is 5.16. The molecule has 1 aliphatic heterocycles. The summed E-state index contributed by atoms with van der Waals surface area (Å²) in [7, 11) is 1.62. The lowest BCUT2D eigenvalue weighted by molar-refractivity contribution is -0.132. The van der Waals surface area contributed by atoms with E-state index in [1.165, 1.54) is 11.9 Å². The van der Waals surface area contributed by atoms with E-state index >= 15 is 0 Å². The first-order chi connectivity index (χ1) is 11.1. The van der Waals surface area contributed by atoms with Gasteiger partial charge in [-0.2, -0.15) is 0 Å². The van der Waals surface area contributed by atoms with Gasteiger partial charge in [0.15, 0.2) is 0 Å². The second-order valence-corrected chi connectivity index (χ2v) is 5.31. The molecule has 0 aliphatic carbocycles. The van der Waals surface area contributed by atoms with E-state index < -0.39 is 0 Å². The summed E-state index contributed by atoms with van der Waals surface area (Å²) in [4.78, 5) is 11.9. The van der Waals surface area contributed by atoms with Gasteiger partial charge in [0.1, 0.15) is 17.5 Å². The maximum absolute atomic E-state index is 11.9. The molecule has 5 nitrogen and oxygen atoms in total. The molecule has 118 valence electrons. The summed E-state index contributed by atoms with van der Waals surface area (Å²) in [5, 5.41) is 11.6. The van der Waals surface area contributed by atoms with Crippen molar-refractivity contribution in [1.29, 1.82) is 0 Å². The quantitative estimate of drug-likeness (QED) is 0.915. The van der Waals surface area contributed by atoms with Crippen LogP contribution in [0, 0.1) is 0 Å². The zero-order chi connectivity index (χ0) is 16.4. The number of carbonyl (C=O) groups is 1. The molecule has 0 radical (unpaired) electrons. The van der Waals surface area contributed by atoms with Gasteiger partial charge in [0, 0.05) is 12.5 Å². The second kappa shape index (κ2) is 6.04. The second-order valence-electron chi connectivity index (χ2n) is 5.31. The van der Waals surface area contributed by atoms with E-state index in [0.29, 0.717) is 5.56 Å². The molecule has 0 saturated carbocycles. The minimum Gasteiger partial charge on any atom is -0.508 e. The highest BCUT2D eigenvalue weighted by Gasteiger charge is 2.30. The summed E-state index contributed by atoms with van der Waals surface area (Å²) >= 11 is 0. The standard InChI is InChI=1S/C18H18N2O3/c1-12(21)20-17(15-5-3-4-6-18(15)22)11-16(19-20)13-7-9-14(23-2)10-8-13/h3-11,17,19,22H,1-2H3/t17-/m1/s1. The molecule has 1 aliphatic rings. The average Bonchev–Trinajstić information content (AvgIpc) is 3.01. The van der Waals surface area contributed by atoms with Crippen molar-refractivity contribution >= 4 is 11.6 Å². The molecule has 23 heavy (non-hydrogen) atoms. The monoisotopic (exact) mass is 310 g/mol. The van der Waals surface area contributed by atoms with E-state index in [1.807, 2.05) is 42.5 Å². The number of aromatic hydroxyl groups is 1. The molecule has 2 N–H and O–H groups in total. The number of phenolic OH excluding ortho intramolecular Hbond substituents is 1. The highest BCUT2D eigenvalue weighted by Crippen LogP contribution is 2.35. The number of nitrogens with one attached hydrogen (secondary N) is 1. The van der Waals surface area contributed by atoms with Gasteiger partial charge in [0.2, 0.25) is 5.91 Å². The number of benzene rings is 2. The van der Waals surface area contributed by atoms with Crippen molar-refractivity contribution < 1.29 is 14.6 Å². The van der Waals surface area contributed by atoms with Crippen molar-refractivity contribution in [2.45, 2.75) is 13.0 Å². The van der Waals surface area contributed by atoms with E-state index in [-0.39, 0.29) is 17.7 Å². The van der Waals surface area contributed by atoms with E-state index in [2.05, 4.69) is 5.43 Å². The molecule has 0 spiro atoms. The van der Waals surface area contributed by atoms with Crippen LogP contribution in [0.5, 0.6) is 11.5 Å². The Kier molecular flexibility index (Phi) is 3.93. The lowest BCUT2D eigenvalue weighted by Crippen LogP contribution is -2.37. The normalized spacial score (nSPS) is 16.7. The molecule has 2 aromatic carbocycles. The van der Waals surface area contributed by atoms with Gasteiger partial charge in [0.25, 0.3) is 0 Å². The Morgan fingerprint density at radius 2 is 1.87 bits per heavy atom. The van der Waals surface area contributed by atoms with Crippen LogP contribution in [-0.4, -0.2) is 23.1 Å². The fourth-order valence-electron chi connectivity index (χ4n) is 2.64. The first-order valence-corrected chi connectivity index (χ1v) is 7.30. The first-order valence-electron chi connectivity index (χ1n) is 7.30. The highest BCUT2D eigenvalue weighted by atomic mass is 16.5. The molecule has 1 heterocycles. The van der Waals surface area contributed by atoms with Crippen molar-refractivity contribution in [3.8, 4) is 11.5 Å². The van der Waals surface area contributed by atoms with E-state index in [9.17, 15) is 9.90 Å². The molecular weight excluding hydrogens is 292 g/mol. The van der Waals surface area contributed by atoms with Crippen LogP contribution in [0.25, 0.3) is 5.70 Å². The number of hydrazine groups is 1. The Morgan fingerprint density at radius 1 is 1.17 bits per heavy atom. The number of ether oxygens (including phenoxy) is 1. The van der Waals surface area contributed by atoms with Crippen LogP contribution in [0.2, 0.25) is 0 Å². The summed E-state index contributed by atoms with van der Waals surface area (Å²) in [6.45, 7) is 1.49. The molecule has 2 aromatic rings. The minimum absolute atomic E-state index is 0.127. The Labute approximate surface area is 134 Å². The van der Waals surface area contributed by atoms with Gasteiger partial charge in [0.05, 0.1) is 12.8 Å². The van der Waals surface area contributed by atoms with Crippen molar-refractivity contribution in [2.24, 2.45) is 0 Å². The number of para-hydroxylation sites is 1. The van der Waals surface area contributed by atoms with E-state index in [4.69, 9.17) is 4.74 Å². The van der Waals surface area contributed by atoms with Gasteiger partial charge < -0.3 is 9.84 Å². The number of hydrogen-bond donors (Lipinski definition) is 2. The Morgan fingerprint density at radius 3 is 2.48 bits per heavy atom. The number of methoxy groups -OCH3 is 1. The van der Waals surface area contributed by atoms with Gasteiger partial charge in [-0.15, -0.1) is 0 Å². The van der Waals surface area contributed by atoms with Crippen molar-refractivity contribution in [3.63, 3.8) is 0 Å². The van der Waals surface area contributed by atoms with Gasteiger partial charge in [-0.1, -0.05) is 18.2 Å². The number of amides is 1.